The van der Waals surface area contributed by atoms with Crippen molar-refractivity contribution in [2.45, 2.75) is 38.1 Å². The maximum atomic E-state index is 13.2. The highest BCUT2D eigenvalue weighted by molar-refractivity contribution is 5.32. The lowest BCUT2D eigenvalue weighted by Gasteiger charge is -2.28. The van der Waals surface area contributed by atoms with Crippen LogP contribution in [-0.2, 0) is 0 Å². The number of hydrogen-bond donors (Lipinski definition) is 1. The van der Waals surface area contributed by atoms with Crippen LogP contribution in [0.2, 0.25) is 0 Å². The molecule has 3 nitrogen and oxygen atoms in total. The number of ether oxygens (including phenoxy) is 1. The average Bonchev–Trinajstić information content (AvgIpc) is 2.86. The molecule has 0 heterocycles. The molecule has 0 radical (unpaired) electrons. The van der Waals surface area contributed by atoms with Crippen LogP contribution in [0.1, 0.15) is 31.2 Å². The third kappa shape index (κ3) is 2.94. The van der Waals surface area contributed by atoms with Gasteiger partial charge in [0.2, 0.25) is 0 Å². The molecule has 0 amide bonds. The molecule has 0 aromatic heterocycles. The zero-order valence-corrected chi connectivity index (χ0v) is 12.1. The quantitative estimate of drug-likeness (QED) is 0.898. The van der Waals surface area contributed by atoms with Crippen molar-refractivity contribution in [2.24, 2.45) is 5.92 Å². The number of nitrogens with one attached hydrogen (secondary N) is 1. The highest BCUT2D eigenvalue weighted by Gasteiger charge is 2.41. The Morgan fingerprint density at radius 3 is 3.05 bits per heavy atom. The fourth-order valence-corrected chi connectivity index (χ4v) is 3.04. The van der Waals surface area contributed by atoms with Gasteiger partial charge < -0.3 is 10.1 Å². The zero-order valence-electron chi connectivity index (χ0n) is 12.1. The highest BCUT2D eigenvalue weighted by atomic mass is 19.1. The van der Waals surface area contributed by atoms with Gasteiger partial charge in [-0.25, -0.2) is 4.39 Å². The first-order valence-electron chi connectivity index (χ1n) is 7.10. The molecule has 0 aliphatic heterocycles. The van der Waals surface area contributed by atoms with Gasteiger partial charge in [-0.2, -0.15) is 5.26 Å². The van der Waals surface area contributed by atoms with Crippen LogP contribution in [0.4, 0.5) is 4.39 Å². The van der Waals surface area contributed by atoms with E-state index in [0.717, 1.165) is 31.2 Å². The van der Waals surface area contributed by atoms with Gasteiger partial charge in [0.05, 0.1) is 12.7 Å². The zero-order chi connectivity index (χ0) is 14.6. The summed E-state index contributed by atoms with van der Waals surface area (Å²) in [6, 6.07) is 6.98. The van der Waals surface area contributed by atoms with Crippen LogP contribution in [0.5, 0.6) is 5.75 Å². The summed E-state index contributed by atoms with van der Waals surface area (Å²) in [5.41, 5.74) is 0.512. The molecule has 0 saturated heterocycles. The van der Waals surface area contributed by atoms with Crippen LogP contribution in [0.25, 0.3) is 0 Å². The minimum absolute atomic E-state index is 0.284. The van der Waals surface area contributed by atoms with Crippen molar-refractivity contribution in [1.82, 2.24) is 5.32 Å². The molecule has 1 saturated carbocycles. The van der Waals surface area contributed by atoms with E-state index in [-0.39, 0.29) is 5.82 Å². The number of rotatable bonds is 5. The standard InChI is InChI=1S/C16H21FN2O/c1-12-5-6-14(17)10-15(12)20-9-7-13-4-3-8-16(13,11-18)19-2/h5-6,10,13,19H,3-4,7-9H2,1-2H3. The molecule has 20 heavy (non-hydrogen) atoms. The van der Waals surface area contributed by atoms with Crippen molar-refractivity contribution < 1.29 is 9.13 Å². The Kier molecular flexibility index (Phi) is 4.61. The Balaban J connectivity index is 1.93. The second-order valence-corrected chi connectivity index (χ2v) is 5.47. The van der Waals surface area contributed by atoms with Gasteiger partial charge in [0.1, 0.15) is 17.1 Å². The Labute approximate surface area is 119 Å². The van der Waals surface area contributed by atoms with E-state index >= 15 is 0 Å². The normalized spacial score (nSPS) is 25.4. The van der Waals surface area contributed by atoms with E-state index in [9.17, 15) is 9.65 Å². The summed E-state index contributed by atoms with van der Waals surface area (Å²) in [6.45, 7) is 2.41. The fraction of sp³-hybridized carbons (Fsp3) is 0.562. The molecule has 4 heteroatoms. The fourth-order valence-electron chi connectivity index (χ4n) is 3.04. The molecular weight excluding hydrogens is 255 g/mol. The van der Waals surface area contributed by atoms with Gasteiger partial charge in [0, 0.05) is 6.07 Å². The number of hydrogen-bond acceptors (Lipinski definition) is 3. The molecular formula is C16H21FN2O. The van der Waals surface area contributed by atoms with Crippen molar-refractivity contribution in [3.05, 3.63) is 29.6 Å². The number of nitriles is 1. The van der Waals surface area contributed by atoms with Gasteiger partial charge >= 0.3 is 0 Å². The minimum atomic E-state index is -0.416. The summed E-state index contributed by atoms with van der Waals surface area (Å²) in [7, 11) is 1.85. The van der Waals surface area contributed by atoms with Crippen LogP contribution >= 0.6 is 0 Å². The largest absolute Gasteiger partial charge is 0.493 e. The van der Waals surface area contributed by atoms with Crippen molar-refractivity contribution in [2.75, 3.05) is 13.7 Å². The molecule has 1 aliphatic rings. The Morgan fingerprint density at radius 2 is 2.35 bits per heavy atom. The SMILES string of the molecule is CNC1(C#N)CCCC1CCOc1cc(F)ccc1C. The molecule has 1 aliphatic carbocycles. The lowest BCUT2D eigenvalue weighted by Crippen LogP contribution is -2.45. The maximum absolute atomic E-state index is 13.2. The first kappa shape index (κ1) is 14.8. The molecule has 1 N–H and O–H groups in total. The molecule has 1 aromatic carbocycles. The Bertz CT molecular complexity index is 512. The minimum Gasteiger partial charge on any atom is -0.493 e. The molecule has 1 aromatic rings. The van der Waals surface area contributed by atoms with E-state index < -0.39 is 5.54 Å². The molecule has 2 rings (SSSR count). The molecule has 2 unspecified atom stereocenters. The van der Waals surface area contributed by atoms with Crippen LogP contribution < -0.4 is 10.1 Å². The van der Waals surface area contributed by atoms with Crippen LogP contribution in [0, 0.1) is 30.0 Å². The highest BCUT2D eigenvalue weighted by Crippen LogP contribution is 2.37. The molecule has 0 bridgehead atoms. The van der Waals surface area contributed by atoms with Crippen molar-refractivity contribution in [1.29, 1.82) is 5.26 Å². The van der Waals surface area contributed by atoms with Crippen molar-refractivity contribution >= 4 is 0 Å². The van der Waals surface area contributed by atoms with E-state index in [2.05, 4.69) is 11.4 Å². The van der Waals surface area contributed by atoms with Gasteiger partial charge in [0.25, 0.3) is 0 Å². The third-order valence-electron chi connectivity index (χ3n) is 4.34. The number of aryl methyl sites for hydroxylation is 1. The topological polar surface area (TPSA) is 45.0 Å². The van der Waals surface area contributed by atoms with Crippen LogP contribution in [0.3, 0.4) is 0 Å². The molecule has 1 fully saturated rings. The van der Waals surface area contributed by atoms with Gasteiger partial charge in [0.15, 0.2) is 0 Å². The van der Waals surface area contributed by atoms with Gasteiger partial charge in [-0.05, 0) is 50.8 Å². The summed E-state index contributed by atoms with van der Waals surface area (Å²) in [5.74, 6) is 0.606. The first-order valence-corrected chi connectivity index (χ1v) is 7.10. The summed E-state index contributed by atoms with van der Waals surface area (Å²) in [5, 5.41) is 12.6. The maximum Gasteiger partial charge on any atom is 0.126 e. The first-order chi connectivity index (χ1) is 9.61. The summed E-state index contributed by atoms with van der Waals surface area (Å²) >= 11 is 0. The Morgan fingerprint density at radius 1 is 1.55 bits per heavy atom. The monoisotopic (exact) mass is 276 g/mol. The van der Waals surface area contributed by atoms with Gasteiger partial charge in [-0.15, -0.1) is 0 Å². The van der Waals surface area contributed by atoms with Crippen LogP contribution in [-0.4, -0.2) is 19.2 Å². The number of benzene rings is 1. The average molecular weight is 276 g/mol. The van der Waals surface area contributed by atoms with Crippen molar-refractivity contribution in [3.63, 3.8) is 0 Å². The summed E-state index contributed by atoms with van der Waals surface area (Å²) < 4.78 is 18.9. The van der Waals surface area contributed by atoms with Crippen LogP contribution in [0.15, 0.2) is 18.2 Å². The number of halogens is 1. The summed E-state index contributed by atoms with van der Waals surface area (Å²) in [4.78, 5) is 0. The second-order valence-electron chi connectivity index (χ2n) is 5.47. The lowest BCUT2D eigenvalue weighted by atomic mass is 9.86. The summed E-state index contributed by atoms with van der Waals surface area (Å²) in [6.07, 6.45) is 3.81. The van der Waals surface area contributed by atoms with Crippen molar-refractivity contribution in [3.8, 4) is 11.8 Å². The van der Waals surface area contributed by atoms with Gasteiger partial charge in [-0.3, -0.25) is 0 Å². The van der Waals surface area contributed by atoms with E-state index in [0.29, 0.717) is 18.3 Å². The van der Waals surface area contributed by atoms with E-state index in [1.54, 1.807) is 6.07 Å². The van der Waals surface area contributed by atoms with E-state index in [1.807, 2.05) is 14.0 Å². The predicted octanol–water partition coefficient (Wildman–Crippen LogP) is 3.18. The third-order valence-corrected chi connectivity index (χ3v) is 4.34. The predicted molar refractivity (Wildman–Crippen MR) is 76.0 cm³/mol. The smallest absolute Gasteiger partial charge is 0.126 e. The molecule has 2 atom stereocenters. The lowest BCUT2D eigenvalue weighted by molar-refractivity contribution is 0.238. The molecule has 0 spiro atoms. The van der Waals surface area contributed by atoms with Gasteiger partial charge in [-0.1, -0.05) is 12.5 Å². The van der Waals surface area contributed by atoms with E-state index in [4.69, 9.17) is 4.74 Å². The van der Waals surface area contributed by atoms with E-state index in [1.165, 1.54) is 12.1 Å². The second kappa shape index (κ2) is 6.23. The molecule has 108 valence electrons. The Hall–Kier alpha value is -1.60. The number of nitrogens with zero attached hydrogens (tertiary/aromatic N) is 1.